The second kappa shape index (κ2) is 10.2. The third kappa shape index (κ3) is 7.96. The molecule has 168 valence electrons. The molecule has 5 nitrogen and oxygen atoms in total. The summed E-state index contributed by atoms with van der Waals surface area (Å²) in [6.45, 7) is 15.0. The molecule has 0 fully saturated rings. The number of benzene rings is 2. The summed E-state index contributed by atoms with van der Waals surface area (Å²) in [4.78, 5) is 24.7. The Morgan fingerprint density at radius 1 is 0.839 bits per heavy atom. The van der Waals surface area contributed by atoms with Gasteiger partial charge in [-0.25, -0.2) is 0 Å². The van der Waals surface area contributed by atoms with Gasteiger partial charge in [0.2, 0.25) is 0 Å². The van der Waals surface area contributed by atoms with Gasteiger partial charge in [-0.05, 0) is 66.6 Å². The Morgan fingerprint density at radius 3 is 1.71 bits per heavy atom. The average Bonchev–Trinajstić information content (AvgIpc) is 2.70. The first-order chi connectivity index (χ1) is 14.4. The lowest BCUT2D eigenvalue weighted by molar-refractivity contribution is 0.0846. The van der Waals surface area contributed by atoms with Crippen LogP contribution in [-0.4, -0.2) is 21.6 Å². The van der Waals surface area contributed by atoms with Gasteiger partial charge in [0.05, 0.1) is 5.60 Å². The van der Waals surface area contributed by atoms with Crippen LogP contribution < -0.4 is 10.9 Å². The van der Waals surface area contributed by atoms with E-state index in [2.05, 4.69) is 45.5 Å². The van der Waals surface area contributed by atoms with Crippen molar-refractivity contribution in [3.8, 4) is 0 Å². The van der Waals surface area contributed by atoms with E-state index in [1.54, 1.807) is 24.3 Å². The van der Waals surface area contributed by atoms with Crippen LogP contribution in [0, 0.1) is 5.92 Å². The quantitative estimate of drug-likeness (QED) is 0.492. The standard InChI is InChI=1S/C25H36N2O3Si/c1-17(2)16-18-8-10-19(11-9-18)22(28)26-27-23(29)20-12-14-21(15-13-20)25(6,7)30-31-24(3,4)5/h8-15,17H,16,31H2,1-7H3,(H,26,28)(H,27,29). The summed E-state index contributed by atoms with van der Waals surface area (Å²) in [5.41, 5.74) is 7.75. The molecule has 2 rings (SSSR count). The maximum Gasteiger partial charge on any atom is 0.269 e. The van der Waals surface area contributed by atoms with Gasteiger partial charge in [-0.2, -0.15) is 0 Å². The SMILES string of the molecule is CC(C)Cc1ccc(C(=O)NNC(=O)c2ccc(C(C)(C)O[SiH2]C(C)(C)C)cc2)cc1. The third-order valence-corrected chi connectivity index (χ3v) is 6.59. The number of carbonyl (C=O) groups excluding carboxylic acids is 2. The summed E-state index contributed by atoms with van der Waals surface area (Å²) in [5.74, 6) is -0.148. The molecule has 2 N–H and O–H groups in total. The summed E-state index contributed by atoms with van der Waals surface area (Å²) in [5, 5.41) is 0.212. The molecule has 0 aliphatic rings. The van der Waals surface area contributed by atoms with Crippen molar-refractivity contribution in [2.24, 2.45) is 5.92 Å². The van der Waals surface area contributed by atoms with E-state index in [9.17, 15) is 9.59 Å². The van der Waals surface area contributed by atoms with Gasteiger partial charge in [0.25, 0.3) is 11.8 Å². The van der Waals surface area contributed by atoms with Gasteiger partial charge >= 0.3 is 0 Å². The third-order valence-electron chi connectivity index (χ3n) is 4.86. The molecule has 0 aliphatic heterocycles. The lowest BCUT2D eigenvalue weighted by Crippen LogP contribution is -2.41. The fourth-order valence-electron chi connectivity index (χ4n) is 3.02. The van der Waals surface area contributed by atoms with Crippen LogP contribution in [0.5, 0.6) is 0 Å². The number of rotatable bonds is 7. The Bertz CT molecular complexity index is 882. The van der Waals surface area contributed by atoms with Crippen LogP contribution in [0.1, 0.15) is 80.3 Å². The molecular formula is C25H36N2O3Si. The number of hydrazine groups is 1. The lowest BCUT2D eigenvalue weighted by Gasteiger charge is -2.30. The minimum absolute atomic E-state index is 0.212. The number of hydrogen-bond acceptors (Lipinski definition) is 3. The topological polar surface area (TPSA) is 67.4 Å². The number of amides is 2. The summed E-state index contributed by atoms with van der Waals surface area (Å²) >= 11 is 0. The number of hydrogen-bond donors (Lipinski definition) is 2. The summed E-state index contributed by atoms with van der Waals surface area (Å²) in [6.07, 6.45) is 0.967. The van der Waals surface area contributed by atoms with Crippen molar-refractivity contribution in [2.45, 2.75) is 65.5 Å². The van der Waals surface area contributed by atoms with Crippen LogP contribution in [0.4, 0.5) is 0 Å². The molecule has 0 aliphatic carbocycles. The van der Waals surface area contributed by atoms with Crippen LogP contribution in [0.25, 0.3) is 0 Å². The maximum absolute atomic E-state index is 12.4. The zero-order valence-corrected chi connectivity index (χ0v) is 21.2. The molecule has 0 bridgehead atoms. The van der Waals surface area contributed by atoms with Crippen molar-refractivity contribution in [1.82, 2.24) is 10.9 Å². The van der Waals surface area contributed by atoms with Crippen molar-refractivity contribution in [1.29, 1.82) is 0 Å². The molecule has 0 spiro atoms. The zero-order valence-electron chi connectivity index (χ0n) is 19.8. The van der Waals surface area contributed by atoms with E-state index in [-0.39, 0.29) is 16.9 Å². The Kier molecular flexibility index (Phi) is 8.20. The fourth-order valence-corrected chi connectivity index (χ4v) is 3.99. The Labute approximate surface area is 188 Å². The number of carbonyl (C=O) groups is 2. The molecule has 2 amide bonds. The van der Waals surface area contributed by atoms with Crippen molar-refractivity contribution < 1.29 is 14.0 Å². The van der Waals surface area contributed by atoms with Gasteiger partial charge in [-0.1, -0.05) is 58.9 Å². The molecular weight excluding hydrogens is 404 g/mol. The van der Waals surface area contributed by atoms with Crippen LogP contribution in [-0.2, 0) is 16.4 Å². The number of nitrogens with one attached hydrogen (secondary N) is 2. The van der Waals surface area contributed by atoms with Gasteiger partial charge in [0.1, 0.15) is 0 Å². The molecule has 6 heteroatoms. The van der Waals surface area contributed by atoms with E-state index in [1.165, 1.54) is 5.56 Å². The first-order valence-electron chi connectivity index (χ1n) is 10.8. The predicted molar refractivity (Wildman–Crippen MR) is 129 cm³/mol. The highest BCUT2D eigenvalue weighted by atomic mass is 28.2. The Hall–Kier alpha value is -2.44. The van der Waals surface area contributed by atoms with Crippen molar-refractivity contribution in [2.75, 3.05) is 0 Å². The van der Waals surface area contributed by atoms with Crippen LogP contribution in [0.15, 0.2) is 48.5 Å². The molecule has 31 heavy (non-hydrogen) atoms. The van der Waals surface area contributed by atoms with Crippen molar-refractivity contribution >= 4 is 21.6 Å². The molecule has 2 aromatic rings. The minimum Gasteiger partial charge on any atom is -0.415 e. The Morgan fingerprint density at radius 2 is 1.29 bits per heavy atom. The highest BCUT2D eigenvalue weighted by Gasteiger charge is 2.24. The average molecular weight is 441 g/mol. The van der Waals surface area contributed by atoms with Gasteiger partial charge in [-0.15, -0.1) is 0 Å². The maximum atomic E-state index is 12.4. The molecule has 0 radical (unpaired) electrons. The van der Waals surface area contributed by atoms with Gasteiger partial charge in [-0.3, -0.25) is 20.4 Å². The van der Waals surface area contributed by atoms with E-state index in [0.29, 0.717) is 17.0 Å². The smallest absolute Gasteiger partial charge is 0.269 e. The minimum atomic E-state index is -0.702. The highest BCUT2D eigenvalue weighted by molar-refractivity contribution is 6.31. The largest absolute Gasteiger partial charge is 0.415 e. The Balaban J connectivity index is 1.93. The second-order valence-corrected chi connectivity index (χ2v) is 12.8. The van der Waals surface area contributed by atoms with Crippen molar-refractivity contribution in [3.05, 3.63) is 70.8 Å². The molecule has 0 unspecified atom stereocenters. The molecule has 0 heterocycles. The van der Waals surface area contributed by atoms with E-state index in [1.807, 2.05) is 38.1 Å². The van der Waals surface area contributed by atoms with E-state index < -0.39 is 15.4 Å². The zero-order chi connectivity index (χ0) is 23.2. The first kappa shape index (κ1) is 24.8. The van der Waals surface area contributed by atoms with Crippen molar-refractivity contribution in [3.63, 3.8) is 0 Å². The van der Waals surface area contributed by atoms with E-state index >= 15 is 0 Å². The molecule has 0 atom stereocenters. The van der Waals surface area contributed by atoms with Gasteiger partial charge in [0.15, 0.2) is 9.76 Å². The molecule has 0 saturated heterocycles. The second-order valence-electron chi connectivity index (χ2n) is 10.1. The monoisotopic (exact) mass is 440 g/mol. The van der Waals surface area contributed by atoms with Gasteiger partial charge in [0, 0.05) is 11.1 Å². The predicted octanol–water partition coefficient (Wildman–Crippen LogP) is 4.51. The lowest BCUT2D eigenvalue weighted by atomic mass is 9.97. The molecule has 0 aromatic heterocycles. The van der Waals surface area contributed by atoms with Crippen LogP contribution in [0.3, 0.4) is 0 Å². The normalized spacial score (nSPS) is 12.4. The summed E-state index contributed by atoms with van der Waals surface area (Å²) in [6, 6.07) is 14.8. The molecule has 0 saturated carbocycles. The summed E-state index contributed by atoms with van der Waals surface area (Å²) in [7, 11) is -0.702. The van der Waals surface area contributed by atoms with Crippen LogP contribution in [0.2, 0.25) is 5.04 Å². The first-order valence-corrected chi connectivity index (χ1v) is 12.1. The summed E-state index contributed by atoms with van der Waals surface area (Å²) < 4.78 is 6.22. The van der Waals surface area contributed by atoms with E-state index in [0.717, 1.165) is 12.0 Å². The van der Waals surface area contributed by atoms with Crippen LogP contribution >= 0.6 is 0 Å². The highest BCUT2D eigenvalue weighted by Crippen LogP contribution is 2.29. The van der Waals surface area contributed by atoms with E-state index in [4.69, 9.17) is 4.43 Å². The fraction of sp³-hybridized carbons (Fsp3) is 0.440. The van der Waals surface area contributed by atoms with Gasteiger partial charge < -0.3 is 4.43 Å². The molecule has 2 aromatic carbocycles.